The fourth-order valence-electron chi connectivity index (χ4n) is 3.10. The molecule has 1 nitrogen and oxygen atoms in total. The smallest absolute Gasteiger partial charge is 0.0366 e. The Balaban J connectivity index is 1.55. The van der Waals surface area contributed by atoms with Crippen LogP contribution < -0.4 is 4.90 Å². The molecular weight excluding hydrogens is 322 g/mol. The minimum atomic E-state index is 0.833. The highest BCUT2D eigenvalue weighted by atomic mass is 79.9. The van der Waals surface area contributed by atoms with Crippen LogP contribution in [0.25, 0.3) is 0 Å². The van der Waals surface area contributed by atoms with Crippen molar-refractivity contribution in [2.75, 3.05) is 18.0 Å². The van der Waals surface area contributed by atoms with E-state index in [0.29, 0.717) is 0 Å². The third-order valence-electron chi connectivity index (χ3n) is 4.45. The lowest BCUT2D eigenvalue weighted by Gasteiger charge is -2.33. The van der Waals surface area contributed by atoms with Crippen molar-refractivity contribution in [3.63, 3.8) is 0 Å². The molecule has 0 aromatic heterocycles. The van der Waals surface area contributed by atoms with Gasteiger partial charge in [-0.15, -0.1) is 0 Å². The normalized spacial score (nSPS) is 16.2. The van der Waals surface area contributed by atoms with E-state index in [0.717, 1.165) is 10.4 Å². The number of hydrogen-bond acceptors (Lipinski definition) is 1. The molecule has 0 bridgehead atoms. The molecule has 0 aliphatic carbocycles. The summed E-state index contributed by atoms with van der Waals surface area (Å²) in [6.45, 7) is 4.51. The number of nitrogens with zero attached hydrogens (tertiary/aromatic N) is 1. The standard InChI is InChI=1S/C19H22BrN/c1-15-2-4-16(5-3-15)14-17-10-12-21(13-11-17)19-8-6-18(20)7-9-19/h2-9,17H,10-14H2,1H3. The summed E-state index contributed by atoms with van der Waals surface area (Å²) in [6, 6.07) is 17.7. The van der Waals surface area contributed by atoms with Gasteiger partial charge >= 0.3 is 0 Å². The van der Waals surface area contributed by atoms with Crippen molar-refractivity contribution < 1.29 is 0 Å². The first-order valence-electron chi connectivity index (χ1n) is 7.77. The van der Waals surface area contributed by atoms with E-state index < -0.39 is 0 Å². The van der Waals surface area contributed by atoms with Crippen LogP contribution in [0.4, 0.5) is 5.69 Å². The van der Waals surface area contributed by atoms with E-state index in [-0.39, 0.29) is 0 Å². The van der Waals surface area contributed by atoms with Crippen LogP contribution in [0.2, 0.25) is 0 Å². The molecule has 3 rings (SSSR count). The zero-order valence-corrected chi connectivity index (χ0v) is 14.1. The fourth-order valence-corrected chi connectivity index (χ4v) is 3.37. The summed E-state index contributed by atoms with van der Waals surface area (Å²) in [4.78, 5) is 2.51. The van der Waals surface area contributed by atoms with Gasteiger partial charge in [0.1, 0.15) is 0 Å². The Morgan fingerprint density at radius 3 is 2.19 bits per heavy atom. The lowest BCUT2D eigenvalue weighted by atomic mass is 9.90. The number of hydrogen-bond donors (Lipinski definition) is 0. The third-order valence-corrected chi connectivity index (χ3v) is 4.98. The second kappa shape index (κ2) is 6.65. The van der Waals surface area contributed by atoms with E-state index in [1.165, 1.54) is 49.2 Å². The van der Waals surface area contributed by atoms with Gasteiger partial charge in [0.2, 0.25) is 0 Å². The molecule has 21 heavy (non-hydrogen) atoms. The van der Waals surface area contributed by atoms with Gasteiger partial charge in [-0.2, -0.15) is 0 Å². The molecule has 1 saturated heterocycles. The maximum Gasteiger partial charge on any atom is 0.0366 e. The molecule has 2 heteroatoms. The molecule has 0 saturated carbocycles. The SMILES string of the molecule is Cc1ccc(CC2CCN(c3ccc(Br)cc3)CC2)cc1. The largest absolute Gasteiger partial charge is 0.372 e. The Morgan fingerprint density at radius 2 is 1.57 bits per heavy atom. The zero-order chi connectivity index (χ0) is 14.7. The highest BCUT2D eigenvalue weighted by Gasteiger charge is 2.19. The molecule has 110 valence electrons. The van der Waals surface area contributed by atoms with Crippen LogP contribution in [-0.2, 0) is 6.42 Å². The molecule has 0 amide bonds. The van der Waals surface area contributed by atoms with Gasteiger partial charge in [-0.3, -0.25) is 0 Å². The molecule has 0 unspecified atom stereocenters. The van der Waals surface area contributed by atoms with E-state index in [4.69, 9.17) is 0 Å². The number of anilines is 1. The lowest BCUT2D eigenvalue weighted by molar-refractivity contribution is 0.404. The number of aryl methyl sites for hydroxylation is 1. The van der Waals surface area contributed by atoms with Gasteiger partial charge in [0, 0.05) is 23.2 Å². The van der Waals surface area contributed by atoms with E-state index in [9.17, 15) is 0 Å². The van der Waals surface area contributed by atoms with Gasteiger partial charge in [0.05, 0.1) is 0 Å². The predicted molar refractivity (Wildman–Crippen MR) is 94.0 cm³/mol. The Kier molecular flexibility index (Phi) is 4.64. The fraction of sp³-hybridized carbons (Fsp3) is 0.368. The Morgan fingerprint density at radius 1 is 0.952 bits per heavy atom. The molecule has 1 fully saturated rings. The molecule has 1 aliphatic heterocycles. The van der Waals surface area contributed by atoms with Crippen LogP contribution in [0, 0.1) is 12.8 Å². The summed E-state index contributed by atoms with van der Waals surface area (Å²) < 4.78 is 1.15. The summed E-state index contributed by atoms with van der Waals surface area (Å²) >= 11 is 3.50. The van der Waals surface area contributed by atoms with Crippen LogP contribution in [0.3, 0.4) is 0 Å². The van der Waals surface area contributed by atoms with E-state index in [2.05, 4.69) is 76.3 Å². The molecule has 0 N–H and O–H groups in total. The molecule has 1 aliphatic rings. The third kappa shape index (κ3) is 3.88. The van der Waals surface area contributed by atoms with E-state index in [1.54, 1.807) is 0 Å². The molecule has 0 radical (unpaired) electrons. The van der Waals surface area contributed by atoms with Gasteiger partial charge in [-0.05, 0) is 61.9 Å². The summed E-state index contributed by atoms with van der Waals surface area (Å²) in [5.74, 6) is 0.833. The second-order valence-corrected chi connectivity index (χ2v) is 7.01. The first-order valence-corrected chi connectivity index (χ1v) is 8.56. The Bertz CT molecular complexity index is 566. The summed E-state index contributed by atoms with van der Waals surface area (Å²) in [5.41, 5.74) is 4.19. The van der Waals surface area contributed by atoms with Crippen molar-refractivity contribution in [3.05, 3.63) is 64.1 Å². The van der Waals surface area contributed by atoms with Crippen LogP contribution >= 0.6 is 15.9 Å². The first kappa shape index (κ1) is 14.6. The number of piperidine rings is 1. The Hall–Kier alpha value is -1.28. The highest BCUT2D eigenvalue weighted by Crippen LogP contribution is 2.26. The van der Waals surface area contributed by atoms with Gasteiger partial charge in [0.25, 0.3) is 0 Å². The lowest BCUT2D eigenvalue weighted by Crippen LogP contribution is -2.34. The van der Waals surface area contributed by atoms with Crippen molar-refractivity contribution in [1.82, 2.24) is 0 Å². The molecule has 0 atom stereocenters. The van der Waals surface area contributed by atoms with Crippen molar-refractivity contribution >= 4 is 21.6 Å². The first-order chi connectivity index (χ1) is 10.2. The van der Waals surface area contributed by atoms with Crippen molar-refractivity contribution in [2.45, 2.75) is 26.2 Å². The van der Waals surface area contributed by atoms with Gasteiger partial charge in [0.15, 0.2) is 0 Å². The van der Waals surface area contributed by atoms with Gasteiger partial charge < -0.3 is 4.90 Å². The molecule has 2 aromatic rings. The minimum absolute atomic E-state index is 0.833. The number of halogens is 1. The van der Waals surface area contributed by atoms with Crippen LogP contribution in [-0.4, -0.2) is 13.1 Å². The average molecular weight is 344 g/mol. The van der Waals surface area contributed by atoms with Crippen molar-refractivity contribution in [3.8, 4) is 0 Å². The molecule has 1 heterocycles. The van der Waals surface area contributed by atoms with Crippen molar-refractivity contribution in [1.29, 1.82) is 0 Å². The second-order valence-electron chi connectivity index (χ2n) is 6.10. The summed E-state index contributed by atoms with van der Waals surface area (Å²) in [5, 5.41) is 0. The predicted octanol–water partition coefficient (Wildman–Crippen LogP) is 5.22. The van der Waals surface area contributed by atoms with E-state index >= 15 is 0 Å². The van der Waals surface area contributed by atoms with Crippen LogP contribution in [0.5, 0.6) is 0 Å². The van der Waals surface area contributed by atoms with Gasteiger partial charge in [-0.25, -0.2) is 0 Å². The quantitative estimate of drug-likeness (QED) is 0.738. The minimum Gasteiger partial charge on any atom is -0.372 e. The average Bonchev–Trinajstić information content (AvgIpc) is 2.51. The zero-order valence-electron chi connectivity index (χ0n) is 12.6. The maximum atomic E-state index is 3.50. The topological polar surface area (TPSA) is 3.24 Å². The molecule has 2 aromatic carbocycles. The van der Waals surface area contributed by atoms with Crippen LogP contribution in [0.15, 0.2) is 53.0 Å². The summed E-state index contributed by atoms with van der Waals surface area (Å²) in [6.07, 6.45) is 3.82. The van der Waals surface area contributed by atoms with Crippen molar-refractivity contribution in [2.24, 2.45) is 5.92 Å². The highest BCUT2D eigenvalue weighted by molar-refractivity contribution is 9.10. The Labute approximate surface area is 136 Å². The molecular formula is C19H22BrN. The van der Waals surface area contributed by atoms with Gasteiger partial charge in [-0.1, -0.05) is 45.8 Å². The van der Waals surface area contributed by atoms with Crippen LogP contribution in [0.1, 0.15) is 24.0 Å². The maximum absolute atomic E-state index is 3.50. The monoisotopic (exact) mass is 343 g/mol. The summed E-state index contributed by atoms with van der Waals surface area (Å²) in [7, 11) is 0. The number of benzene rings is 2. The molecule has 0 spiro atoms. The number of rotatable bonds is 3. The van der Waals surface area contributed by atoms with E-state index in [1.807, 2.05) is 0 Å².